The minimum atomic E-state index is -0.894. The molecule has 4 nitrogen and oxygen atoms in total. The maximum Gasteiger partial charge on any atom is 0.242 e. The molecule has 0 saturated heterocycles. The Bertz CT molecular complexity index is 842. The van der Waals surface area contributed by atoms with Crippen LogP contribution < -0.4 is 10.2 Å². The fourth-order valence-corrected chi connectivity index (χ4v) is 3.93. The maximum absolute atomic E-state index is 13.3. The third-order valence-corrected chi connectivity index (χ3v) is 5.67. The van der Waals surface area contributed by atoms with Crippen LogP contribution in [0.5, 0.6) is 0 Å². The minimum Gasteiger partial charge on any atom is -0.349 e. The molecule has 2 aromatic rings. The molecule has 4 heteroatoms. The number of rotatable bonds is 4. The standard InChI is InChI=1S/C22H24N2O2/c1-15-14-18-10-6-7-11-19(18)24(15)21(26)22(12-13-22)20(25)23-16(2)17-8-4-3-5-9-17/h3-11,15-16H,12-14H2,1-2H3,(H,23,25). The van der Waals surface area contributed by atoms with Gasteiger partial charge in [0.1, 0.15) is 5.41 Å². The van der Waals surface area contributed by atoms with Crippen LogP contribution in [-0.2, 0) is 16.0 Å². The number of nitrogens with zero attached hydrogens (tertiary/aromatic N) is 1. The van der Waals surface area contributed by atoms with Gasteiger partial charge in [-0.2, -0.15) is 0 Å². The SMILES string of the molecule is CC(NC(=O)C1(C(=O)N2c3ccccc3CC2C)CC1)c1ccccc1. The summed E-state index contributed by atoms with van der Waals surface area (Å²) in [6, 6.07) is 17.8. The lowest BCUT2D eigenvalue weighted by atomic mass is 10.0. The number of anilines is 1. The van der Waals surface area contributed by atoms with E-state index in [1.54, 1.807) is 0 Å². The van der Waals surface area contributed by atoms with Crippen molar-refractivity contribution in [3.63, 3.8) is 0 Å². The second kappa shape index (κ2) is 6.27. The van der Waals surface area contributed by atoms with E-state index in [2.05, 4.69) is 18.3 Å². The summed E-state index contributed by atoms with van der Waals surface area (Å²) < 4.78 is 0. The van der Waals surface area contributed by atoms with Crippen LogP contribution in [0.2, 0.25) is 0 Å². The first-order valence-electron chi connectivity index (χ1n) is 9.30. The molecular weight excluding hydrogens is 324 g/mol. The summed E-state index contributed by atoms with van der Waals surface area (Å²) in [4.78, 5) is 28.1. The number of benzene rings is 2. The van der Waals surface area contributed by atoms with Gasteiger partial charge in [-0.1, -0.05) is 48.5 Å². The molecule has 2 aromatic carbocycles. The van der Waals surface area contributed by atoms with E-state index in [1.165, 1.54) is 5.56 Å². The highest BCUT2D eigenvalue weighted by molar-refractivity contribution is 6.15. The van der Waals surface area contributed by atoms with E-state index >= 15 is 0 Å². The van der Waals surface area contributed by atoms with Gasteiger partial charge < -0.3 is 10.2 Å². The van der Waals surface area contributed by atoms with Gasteiger partial charge in [0.15, 0.2) is 0 Å². The molecule has 1 heterocycles. The second-order valence-electron chi connectivity index (χ2n) is 7.54. The number of hydrogen-bond donors (Lipinski definition) is 1. The van der Waals surface area contributed by atoms with Gasteiger partial charge in [-0.25, -0.2) is 0 Å². The van der Waals surface area contributed by atoms with Gasteiger partial charge in [0.2, 0.25) is 11.8 Å². The monoisotopic (exact) mass is 348 g/mol. The molecule has 1 N–H and O–H groups in total. The van der Waals surface area contributed by atoms with Gasteiger partial charge in [0.25, 0.3) is 0 Å². The summed E-state index contributed by atoms with van der Waals surface area (Å²) in [5.74, 6) is -0.192. The van der Waals surface area contributed by atoms with Gasteiger partial charge in [0, 0.05) is 11.7 Å². The van der Waals surface area contributed by atoms with E-state index in [1.807, 2.05) is 60.4 Å². The molecule has 2 aliphatic rings. The van der Waals surface area contributed by atoms with E-state index < -0.39 is 5.41 Å². The summed E-state index contributed by atoms with van der Waals surface area (Å²) in [7, 11) is 0. The molecule has 0 radical (unpaired) electrons. The molecule has 1 aliphatic heterocycles. The van der Waals surface area contributed by atoms with E-state index in [0.717, 1.165) is 17.7 Å². The first-order valence-corrected chi connectivity index (χ1v) is 9.30. The summed E-state index contributed by atoms with van der Waals surface area (Å²) >= 11 is 0. The van der Waals surface area contributed by atoms with Crippen molar-refractivity contribution in [1.82, 2.24) is 5.32 Å². The van der Waals surface area contributed by atoms with Crippen molar-refractivity contribution in [1.29, 1.82) is 0 Å². The quantitative estimate of drug-likeness (QED) is 0.858. The molecule has 134 valence electrons. The Kier molecular flexibility index (Phi) is 4.06. The van der Waals surface area contributed by atoms with Crippen LogP contribution in [0.3, 0.4) is 0 Å². The van der Waals surface area contributed by atoms with Crippen molar-refractivity contribution < 1.29 is 9.59 Å². The van der Waals surface area contributed by atoms with Gasteiger partial charge in [0.05, 0.1) is 6.04 Å². The lowest BCUT2D eigenvalue weighted by Crippen LogP contribution is -2.47. The van der Waals surface area contributed by atoms with Crippen LogP contribution in [0.1, 0.15) is 43.9 Å². The first kappa shape index (κ1) is 16.8. The second-order valence-corrected chi connectivity index (χ2v) is 7.54. The van der Waals surface area contributed by atoms with Crippen molar-refractivity contribution in [3.8, 4) is 0 Å². The number of nitrogens with one attached hydrogen (secondary N) is 1. The van der Waals surface area contributed by atoms with Gasteiger partial charge in [-0.3, -0.25) is 9.59 Å². The van der Waals surface area contributed by atoms with Crippen LogP contribution in [-0.4, -0.2) is 17.9 Å². The number of amides is 2. The Labute approximate surface area is 154 Å². The van der Waals surface area contributed by atoms with E-state index in [9.17, 15) is 9.59 Å². The topological polar surface area (TPSA) is 49.4 Å². The number of hydrogen-bond acceptors (Lipinski definition) is 2. The van der Waals surface area contributed by atoms with Crippen molar-refractivity contribution in [2.75, 3.05) is 4.90 Å². The van der Waals surface area contributed by atoms with Crippen molar-refractivity contribution in [3.05, 3.63) is 65.7 Å². The molecule has 1 saturated carbocycles. The van der Waals surface area contributed by atoms with Crippen LogP contribution in [0, 0.1) is 5.41 Å². The Morgan fingerprint density at radius 1 is 1.08 bits per heavy atom. The highest BCUT2D eigenvalue weighted by atomic mass is 16.2. The molecule has 1 fully saturated rings. The molecule has 0 aromatic heterocycles. The zero-order valence-corrected chi connectivity index (χ0v) is 15.2. The molecule has 26 heavy (non-hydrogen) atoms. The third-order valence-electron chi connectivity index (χ3n) is 5.67. The lowest BCUT2D eigenvalue weighted by molar-refractivity contribution is -0.136. The Morgan fingerprint density at radius 3 is 2.42 bits per heavy atom. The summed E-state index contributed by atoms with van der Waals surface area (Å²) in [6.07, 6.45) is 2.11. The average molecular weight is 348 g/mol. The largest absolute Gasteiger partial charge is 0.349 e. The molecular formula is C22H24N2O2. The van der Waals surface area contributed by atoms with E-state index in [4.69, 9.17) is 0 Å². The van der Waals surface area contributed by atoms with Crippen LogP contribution in [0.25, 0.3) is 0 Å². The fraction of sp³-hybridized carbons (Fsp3) is 0.364. The highest BCUT2D eigenvalue weighted by Gasteiger charge is 2.59. The Balaban J connectivity index is 1.54. The molecule has 0 spiro atoms. The Morgan fingerprint density at radius 2 is 1.73 bits per heavy atom. The van der Waals surface area contributed by atoms with Gasteiger partial charge >= 0.3 is 0 Å². The lowest BCUT2D eigenvalue weighted by Gasteiger charge is -2.28. The smallest absolute Gasteiger partial charge is 0.242 e. The fourth-order valence-electron chi connectivity index (χ4n) is 3.93. The van der Waals surface area contributed by atoms with Crippen molar-refractivity contribution >= 4 is 17.5 Å². The van der Waals surface area contributed by atoms with Crippen LogP contribution >= 0.6 is 0 Å². The van der Waals surface area contributed by atoms with Crippen molar-refractivity contribution in [2.45, 2.75) is 45.2 Å². The molecule has 1 aliphatic carbocycles. The first-order chi connectivity index (χ1) is 12.5. The predicted octanol–water partition coefficient (Wildman–Crippen LogP) is 3.62. The van der Waals surface area contributed by atoms with Crippen LogP contribution in [0.15, 0.2) is 54.6 Å². The highest BCUT2D eigenvalue weighted by Crippen LogP contribution is 2.50. The normalized spacial score (nSPS) is 21.0. The third kappa shape index (κ3) is 2.70. The summed E-state index contributed by atoms with van der Waals surface area (Å²) in [6.45, 7) is 4.01. The Hall–Kier alpha value is -2.62. The van der Waals surface area contributed by atoms with Crippen LogP contribution in [0.4, 0.5) is 5.69 Å². The average Bonchev–Trinajstić information content (AvgIpc) is 3.39. The zero-order chi connectivity index (χ0) is 18.3. The van der Waals surface area contributed by atoms with Crippen molar-refractivity contribution in [2.24, 2.45) is 5.41 Å². The zero-order valence-electron chi connectivity index (χ0n) is 15.2. The number of carbonyl (C=O) groups is 2. The van der Waals surface area contributed by atoms with Gasteiger partial charge in [-0.15, -0.1) is 0 Å². The summed E-state index contributed by atoms with van der Waals surface area (Å²) in [5, 5.41) is 3.06. The van der Waals surface area contributed by atoms with E-state index in [-0.39, 0.29) is 23.9 Å². The molecule has 0 bridgehead atoms. The number of para-hydroxylation sites is 1. The minimum absolute atomic E-state index is 0.0484. The van der Waals surface area contributed by atoms with Gasteiger partial charge in [-0.05, 0) is 50.3 Å². The maximum atomic E-state index is 13.3. The molecule has 2 amide bonds. The summed E-state index contributed by atoms with van der Waals surface area (Å²) in [5.41, 5.74) is 2.29. The number of fused-ring (bicyclic) bond motifs is 1. The number of carbonyl (C=O) groups excluding carboxylic acids is 2. The molecule has 4 rings (SSSR count). The predicted molar refractivity (Wildman–Crippen MR) is 102 cm³/mol. The van der Waals surface area contributed by atoms with E-state index in [0.29, 0.717) is 12.8 Å². The molecule has 2 atom stereocenters. The molecule has 2 unspecified atom stereocenters.